The Labute approximate surface area is 201 Å². The minimum absolute atomic E-state index is 0.272. The highest BCUT2D eigenvalue weighted by molar-refractivity contribution is 9.10. The van der Waals surface area contributed by atoms with Gasteiger partial charge in [-0.25, -0.2) is 4.90 Å². The van der Waals surface area contributed by atoms with Crippen molar-refractivity contribution >= 4 is 73.8 Å². The Morgan fingerprint density at radius 2 is 1.74 bits per heavy atom. The zero-order valence-electron chi connectivity index (χ0n) is 15.8. The highest BCUT2D eigenvalue weighted by atomic mass is 79.9. The molecule has 0 unspecified atom stereocenters. The lowest BCUT2D eigenvalue weighted by molar-refractivity contribution is -0.113. The van der Waals surface area contributed by atoms with Gasteiger partial charge in [-0.1, -0.05) is 57.3 Å². The van der Waals surface area contributed by atoms with E-state index >= 15 is 0 Å². The van der Waals surface area contributed by atoms with Crippen LogP contribution in [0.1, 0.15) is 11.1 Å². The van der Waals surface area contributed by atoms with Crippen molar-refractivity contribution in [2.75, 3.05) is 4.90 Å². The van der Waals surface area contributed by atoms with Gasteiger partial charge in [0.25, 0.3) is 11.1 Å². The second kappa shape index (κ2) is 9.49. The van der Waals surface area contributed by atoms with Crippen LogP contribution < -0.4 is 9.64 Å². The monoisotopic (exact) mass is 533 g/mol. The average molecular weight is 535 g/mol. The molecule has 1 aliphatic heterocycles. The molecule has 0 N–H and O–H groups in total. The van der Waals surface area contributed by atoms with Crippen molar-refractivity contribution in [3.63, 3.8) is 0 Å². The molecular weight excluding hydrogens is 521 g/mol. The predicted octanol–water partition coefficient (Wildman–Crippen LogP) is 7.58. The molecule has 0 aliphatic carbocycles. The van der Waals surface area contributed by atoms with Crippen molar-refractivity contribution in [1.29, 1.82) is 0 Å². The SMILES string of the molecule is O=C1S/C(=C/c2cc(Br)ccc2OCc2ccccc2Cl)C(=O)N1c1ccc(Cl)cc1. The van der Waals surface area contributed by atoms with Gasteiger partial charge in [-0.3, -0.25) is 9.59 Å². The van der Waals surface area contributed by atoms with Crippen LogP contribution in [0.5, 0.6) is 5.75 Å². The van der Waals surface area contributed by atoms with Crippen LogP contribution in [0.3, 0.4) is 0 Å². The first kappa shape index (κ1) is 22.0. The molecule has 1 fully saturated rings. The van der Waals surface area contributed by atoms with E-state index in [0.717, 1.165) is 26.7 Å². The summed E-state index contributed by atoms with van der Waals surface area (Å²) in [6.45, 7) is 0.272. The Bertz CT molecular complexity index is 1200. The molecule has 0 spiro atoms. The Morgan fingerprint density at radius 3 is 2.48 bits per heavy atom. The van der Waals surface area contributed by atoms with Gasteiger partial charge in [-0.15, -0.1) is 0 Å². The van der Waals surface area contributed by atoms with Gasteiger partial charge in [0.2, 0.25) is 0 Å². The number of carbonyl (C=O) groups is 2. The van der Waals surface area contributed by atoms with Gasteiger partial charge in [0.1, 0.15) is 12.4 Å². The lowest BCUT2D eigenvalue weighted by Gasteiger charge is -2.12. The predicted molar refractivity (Wildman–Crippen MR) is 130 cm³/mol. The van der Waals surface area contributed by atoms with Crippen LogP contribution in [0.15, 0.2) is 76.1 Å². The van der Waals surface area contributed by atoms with Crippen molar-refractivity contribution in [2.24, 2.45) is 0 Å². The smallest absolute Gasteiger partial charge is 0.298 e. The number of nitrogens with zero attached hydrogens (tertiary/aromatic N) is 1. The van der Waals surface area contributed by atoms with Gasteiger partial charge in [-0.05, 0) is 66.4 Å². The molecule has 0 radical (unpaired) electrons. The number of imide groups is 1. The summed E-state index contributed by atoms with van der Waals surface area (Å²) in [6.07, 6.45) is 1.66. The Kier molecular flexibility index (Phi) is 6.72. The summed E-state index contributed by atoms with van der Waals surface area (Å²) in [4.78, 5) is 26.9. The molecule has 1 heterocycles. The van der Waals surface area contributed by atoms with Gasteiger partial charge in [0.05, 0.1) is 10.6 Å². The summed E-state index contributed by atoms with van der Waals surface area (Å²) in [7, 11) is 0. The number of hydrogen-bond donors (Lipinski definition) is 0. The maximum atomic E-state index is 12.9. The average Bonchev–Trinajstić information content (AvgIpc) is 3.02. The van der Waals surface area contributed by atoms with Gasteiger partial charge in [0, 0.05) is 25.6 Å². The summed E-state index contributed by atoms with van der Waals surface area (Å²) < 4.78 is 6.79. The standard InChI is InChI=1S/C23H14BrCl2NO3S/c24-16-5-10-20(30-13-14-3-1-2-4-19(14)26)15(11-16)12-21-22(28)27(23(29)31-21)18-8-6-17(25)7-9-18/h1-12H,13H2/b21-12+. The number of hydrogen-bond acceptors (Lipinski definition) is 4. The third-order valence-electron chi connectivity index (χ3n) is 4.48. The van der Waals surface area contributed by atoms with Gasteiger partial charge in [-0.2, -0.15) is 0 Å². The highest BCUT2D eigenvalue weighted by Crippen LogP contribution is 2.38. The summed E-state index contributed by atoms with van der Waals surface area (Å²) in [6, 6.07) is 19.5. The van der Waals surface area contributed by atoms with Crippen LogP contribution in [0.4, 0.5) is 10.5 Å². The van der Waals surface area contributed by atoms with Crippen molar-refractivity contribution in [1.82, 2.24) is 0 Å². The second-order valence-electron chi connectivity index (χ2n) is 6.56. The van der Waals surface area contributed by atoms with Crippen LogP contribution in [0, 0.1) is 0 Å². The van der Waals surface area contributed by atoms with Crippen molar-refractivity contribution in [2.45, 2.75) is 6.61 Å². The third-order valence-corrected chi connectivity index (χ3v) is 6.46. The first-order valence-corrected chi connectivity index (χ1v) is 11.5. The molecule has 3 aromatic carbocycles. The summed E-state index contributed by atoms with van der Waals surface area (Å²) in [5.41, 5.74) is 1.99. The van der Waals surface area contributed by atoms with E-state index in [2.05, 4.69) is 15.9 Å². The molecule has 0 bridgehead atoms. The minimum Gasteiger partial charge on any atom is -0.488 e. The van der Waals surface area contributed by atoms with E-state index < -0.39 is 5.91 Å². The molecule has 4 rings (SSSR count). The maximum Gasteiger partial charge on any atom is 0.298 e. The van der Waals surface area contributed by atoms with Crippen molar-refractivity contribution in [3.8, 4) is 5.75 Å². The number of thioether (sulfide) groups is 1. The van der Waals surface area contributed by atoms with Crippen LogP contribution in [0.2, 0.25) is 10.0 Å². The molecule has 156 valence electrons. The van der Waals surface area contributed by atoms with Crippen LogP contribution >= 0.6 is 50.9 Å². The lowest BCUT2D eigenvalue weighted by atomic mass is 10.1. The number of carbonyl (C=O) groups excluding carboxylic acids is 2. The summed E-state index contributed by atoms with van der Waals surface area (Å²) in [5.74, 6) is 0.177. The molecule has 4 nitrogen and oxygen atoms in total. The zero-order chi connectivity index (χ0) is 22.0. The van der Waals surface area contributed by atoms with E-state index in [1.807, 2.05) is 30.3 Å². The summed E-state index contributed by atoms with van der Waals surface area (Å²) >= 11 is 16.5. The van der Waals surface area contributed by atoms with E-state index in [-0.39, 0.29) is 11.8 Å². The lowest BCUT2D eigenvalue weighted by Crippen LogP contribution is -2.27. The second-order valence-corrected chi connectivity index (χ2v) is 9.31. The first-order chi connectivity index (χ1) is 14.9. The molecule has 0 atom stereocenters. The van der Waals surface area contributed by atoms with E-state index in [0.29, 0.717) is 32.0 Å². The normalized spacial score (nSPS) is 15.1. The Balaban J connectivity index is 1.61. The molecule has 31 heavy (non-hydrogen) atoms. The molecule has 8 heteroatoms. The van der Waals surface area contributed by atoms with Gasteiger partial charge >= 0.3 is 0 Å². The van der Waals surface area contributed by atoms with E-state index in [4.69, 9.17) is 27.9 Å². The Morgan fingerprint density at radius 1 is 1.00 bits per heavy atom. The van der Waals surface area contributed by atoms with E-state index in [1.54, 1.807) is 42.5 Å². The number of amides is 2. The fraction of sp³-hybridized carbons (Fsp3) is 0.0435. The quantitative estimate of drug-likeness (QED) is 0.316. The fourth-order valence-corrected chi connectivity index (χ4v) is 4.48. The largest absolute Gasteiger partial charge is 0.488 e. The Hall–Kier alpha value is -2.25. The number of benzene rings is 3. The molecule has 1 aliphatic rings. The van der Waals surface area contributed by atoms with Crippen molar-refractivity contribution in [3.05, 3.63) is 97.3 Å². The maximum absolute atomic E-state index is 12.9. The molecule has 3 aromatic rings. The topological polar surface area (TPSA) is 46.6 Å². The van der Waals surface area contributed by atoms with E-state index in [9.17, 15) is 9.59 Å². The fourth-order valence-electron chi connectivity index (χ4n) is 2.96. The number of anilines is 1. The highest BCUT2D eigenvalue weighted by Gasteiger charge is 2.36. The number of rotatable bonds is 5. The van der Waals surface area contributed by atoms with Crippen LogP contribution in [-0.2, 0) is 11.4 Å². The van der Waals surface area contributed by atoms with E-state index in [1.165, 1.54) is 0 Å². The summed E-state index contributed by atoms with van der Waals surface area (Å²) in [5, 5.41) is 0.776. The number of ether oxygens (including phenoxy) is 1. The molecule has 0 saturated carbocycles. The third kappa shape index (κ3) is 4.99. The molecule has 0 aromatic heterocycles. The van der Waals surface area contributed by atoms with Gasteiger partial charge < -0.3 is 4.74 Å². The minimum atomic E-state index is -0.394. The molecule has 2 amide bonds. The van der Waals surface area contributed by atoms with Crippen LogP contribution in [0.25, 0.3) is 6.08 Å². The van der Waals surface area contributed by atoms with Crippen molar-refractivity contribution < 1.29 is 14.3 Å². The molecular formula is C23H14BrCl2NO3S. The first-order valence-electron chi connectivity index (χ1n) is 9.11. The molecule has 1 saturated heterocycles. The van der Waals surface area contributed by atoms with Crippen LogP contribution in [-0.4, -0.2) is 11.1 Å². The van der Waals surface area contributed by atoms with Gasteiger partial charge in [0.15, 0.2) is 0 Å². The number of halogens is 3. The zero-order valence-corrected chi connectivity index (χ0v) is 19.8.